The van der Waals surface area contributed by atoms with Crippen molar-refractivity contribution >= 4 is 17.2 Å². The van der Waals surface area contributed by atoms with Crippen LogP contribution in [0.5, 0.6) is 5.75 Å². The average Bonchev–Trinajstić information content (AvgIpc) is 3.38. The van der Waals surface area contributed by atoms with Crippen LogP contribution in [0, 0.1) is 0 Å². The predicted octanol–water partition coefficient (Wildman–Crippen LogP) is 1.69. The lowest BCUT2D eigenvalue weighted by molar-refractivity contribution is 0.0771. The van der Waals surface area contributed by atoms with Gasteiger partial charge in [-0.15, -0.1) is 5.10 Å². The van der Waals surface area contributed by atoms with Crippen LogP contribution in [0.1, 0.15) is 6.42 Å². The summed E-state index contributed by atoms with van der Waals surface area (Å²) in [6, 6.07) is 6.55. The minimum atomic E-state index is 0.482. The Morgan fingerprint density at radius 1 is 1.21 bits per heavy atom. The number of rotatable bonds is 6. The number of nitrogens with one attached hydrogen (secondary N) is 1. The summed E-state index contributed by atoms with van der Waals surface area (Å²) < 4.78 is 11.4. The normalized spacial score (nSPS) is 16.9. The van der Waals surface area contributed by atoms with Gasteiger partial charge in [0.15, 0.2) is 17.4 Å². The largest absolute Gasteiger partial charge is 0.488 e. The molecule has 0 aromatic carbocycles. The standard InChI is InChI=1S/C19H23N9O/c1-25-6-5-14(25)12-29-16-10-20-27(3)19(16)13-4-7-28-15(8-13)9-17(23-28)21-18-11-26(2)24-22-18/h4,7-11,14H,5-6,12H2,1-3H3,(H,21,23)/t14-/m1/s1. The Morgan fingerprint density at radius 3 is 2.83 bits per heavy atom. The lowest BCUT2D eigenvalue weighted by atomic mass is 10.1. The van der Waals surface area contributed by atoms with E-state index < -0.39 is 0 Å². The number of fused-ring (bicyclic) bond motifs is 1. The van der Waals surface area contributed by atoms with E-state index in [1.807, 2.05) is 41.6 Å². The maximum absolute atomic E-state index is 6.11. The fraction of sp³-hybridized carbons (Fsp3) is 0.368. The third-order valence-electron chi connectivity index (χ3n) is 5.37. The summed E-state index contributed by atoms with van der Waals surface area (Å²) >= 11 is 0. The van der Waals surface area contributed by atoms with Crippen molar-refractivity contribution in [3.05, 3.63) is 36.8 Å². The summed E-state index contributed by atoms with van der Waals surface area (Å²) in [6.45, 7) is 1.81. The maximum Gasteiger partial charge on any atom is 0.174 e. The highest BCUT2D eigenvalue weighted by molar-refractivity contribution is 5.72. The van der Waals surface area contributed by atoms with Crippen molar-refractivity contribution in [1.29, 1.82) is 0 Å². The van der Waals surface area contributed by atoms with Gasteiger partial charge in [-0.25, -0.2) is 4.52 Å². The van der Waals surface area contributed by atoms with Crippen LogP contribution in [-0.4, -0.2) is 65.5 Å². The van der Waals surface area contributed by atoms with Gasteiger partial charge in [0.2, 0.25) is 0 Å². The molecule has 0 amide bonds. The molecule has 0 aliphatic carbocycles. The predicted molar refractivity (Wildman–Crippen MR) is 108 cm³/mol. The van der Waals surface area contributed by atoms with Gasteiger partial charge in [-0.3, -0.25) is 14.3 Å². The fourth-order valence-electron chi connectivity index (χ4n) is 3.56. The molecule has 29 heavy (non-hydrogen) atoms. The van der Waals surface area contributed by atoms with Gasteiger partial charge in [0.05, 0.1) is 17.9 Å². The smallest absolute Gasteiger partial charge is 0.174 e. The van der Waals surface area contributed by atoms with E-state index in [1.165, 1.54) is 6.42 Å². The number of ether oxygens (including phenoxy) is 1. The molecule has 4 aromatic heterocycles. The fourth-order valence-corrected chi connectivity index (χ4v) is 3.56. The first kappa shape index (κ1) is 17.7. The minimum absolute atomic E-state index is 0.482. The highest BCUT2D eigenvalue weighted by atomic mass is 16.5. The monoisotopic (exact) mass is 393 g/mol. The van der Waals surface area contributed by atoms with E-state index in [2.05, 4.69) is 43.8 Å². The van der Waals surface area contributed by atoms with Gasteiger partial charge in [0.25, 0.3) is 0 Å². The zero-order chi connectivity index (χ0) is 20.0. The van der Waals surface area contributed by atoms with Crippen molar-refractivity contribution in [2.45, 2.75) is 12.5 Å². The summed E-state index contributed by atoms with van der Waals surface area (Å²) in [5, 5.41) is 20.1. The molecule has 1 N–H and O–H groups in total. The molecule has 1 aliphatic heterocycles. The van der Waals surface area contributed by atoms with Crippen LogP contribution in [0.4, 0.5) is 11.6 Å². The van der Waals surface area contributed by atoms with Gasteiger partial charge in [0.1, 0.15) is 12.3 Å². The van der Waals surface area contributed by atoms with Crippen molar-refractivity contribution in [2.24, 2.45) is 14.1 Å². The first-order valence-electron chi connectivity index (χ1n) is 9.55. The summed E-state index contributed by atoms with van der Waals surface area (Å²) in [5.41, 5.74) is 2.94. The molecule has 5 rings (SSSR count). The first-order valence-corrected chi connectivity index (χ1v) is 9.55. The van der Waals surface area contributed by atoms with Crippen molar-refractivity contribution < 1.29 is 4.74 Å². The van der Waals surface area contributed by atoms with Crippen molar-refractivity contribution in [2.75, 3.05) is 25.5 Å². The zero-order valence-electron chi connectivity index (χ0n) is 16.6. The highest BCUT2D eigenvalue weighted by Crippen LogP contribution is 2.31. The number of aromatic nitrogens is 7. The Kier molecular flexibility index (Phi) is 4.20. The molecular weight excluding hydrogens is 370 g/mol. The number of likely N-dealkylation sites (N-methyl/N-ethyl adjacent to an activating group) is 1. The number of hydrogen-bond acceptors (Lipinski definition) is 7. The number of hydrogen-bond donors (Lipinski definition) is 1. The van der Waals surface area contributed by atoms with Crippen molar-refractivity contribution in [1.82, 2.24) is 39.3 Å². The molecular formula is C19H23N9O. The lowest BCUT2D eigenvalue weighted by Gasteiger charge is -2.37. The van der Waals surface area contributed by atoms with Crippen LogP contribution in [0.15, 0.2) is 36.8 Å². The van der Waals surface area contributed by atoms with Crippen LogP contribution >= 0.6 is 0 Å². The number of aryl methyl sites for hydroxylation is 2. The van der Waals surface area contributed by atoms with Gasteiger partial charge in [-0.1, -0.05) is 5.21 Å². The molecule has 10 nitrogen and oxygen atoms in total. The van der Waals surface area contributed by atoms with Gasteiger partial charge in [-0.2, -0.15) is 10.2 Å². The van der Waals surface area contributed by atoms with Crippen LogP contribution < -0.4 is 10.1 Å². The molecule has 0 radical (unpaired) electrons. The van der Waals surface area contributed by atoms with Crippen molar-refractivity contribution in [3.63, 3.8) is 0 Å². The molecule has 0 unspecified atom stereocenters. The minimum Gasteiger partial charge on any atom is -0.488 e. The highest BCUT2D eigenvalue weighted by Gasteiger charge is 2.25. The molecule has 10 heteroatoms. The molecule has 0 saturated carbocycles. The topological polar surface area (TPSA) is 90.3 Å². The first-order chi connectivity index (χ1) is 14.1. The molecule has 1 saturated heterocycles. The molecule has 1 fully saturated rings. The van der Waals surface area contributed by atoms with Gasteiger partial charge >= 0.3 is 0 Å². The van der Waals surface area contributed by atoms with E-state index in [1.54, 1.807) is 17.1 Å². The second kappa shape index (κ2) is 6.89. The van der Waals surface area contributed by atoms with E-state index >= 15 is 0 Å². The maximum atomic E-state index is 6.11. The Balaban J connectivity index is 1.40. The van der Waals surface area contributed by atoms with E-state index in [9.17, 15) is 0 Å². The van der Waals surface area contributed by atoms with Crippen LogP contribution in [0.25, 0.3) is 16.8 Å². The third-order valence-corrected chi connectivity index (χ3v) is 5.37. The number of likely N-dealkylation sites (tertiary alicyclic amines) is 1. The van der Waals surface area contributed by atoms with Gasteiger partial charge < -0.3 is 10.1 Å². The Morgan fingerprint density at radius 2 is 2.10 bits per heavy atom. The molecule has 4 aromatic rings. The van der Waals surface area contributed by atoms with Crippen molar-refractivity contribution in [3.8, 4) is 17.0 Å². The van der Waals surface area contributed by atoms with E-state index in [0.717, 1.165) is 29.1 Å². The quantitative estimate of drug-likeness (QED) is 0.533. The summed E-state index contributed by atoms with van der Waals surface area (Å²) in [6.07, 6.45) is 6.70. The average molecular weight is 393 g/mol. The van der Waals surface area contributed by atoms with Crippen LogP contribution in [0.3, 0.4) is 0 Å². The summed E-state index contributed by atoms with van der Waals surface area (Å²) in [7, 11) is 5.88. The van der Waals surface area contributed by atoms with Gasteiger partial charge in [-0.05, 0) is 32.1 Å². The van der Waals surface area contributed by atoms with E-state index in [0.29, 0.717) is 24.3 Å². The Bertz CT molecular complexity index is 1160. The second-order valence-corrected chi connectivity index (χ2v) is 7.43. The lowest BCUT2D eigenvalue weighted by Crippen LogP contribution is -2.48. The SMILES string of the molecule is CN1CC[C@@H]1COc1cnn(C)c1-c1ccn2nc(Nc3cn(C)nn3)cc2c1. The Hall–Kier alpha value is -3.40. The Labute approximate surface area is 167 Å². The molecule has 1 atom stereocenters. The molecule has 0 spiro atoms. The zero-order valence-corrected chi connectivity index (χ0v) is 16.6. The number of anilines is 2. The van der Waals surface area contributed by atoms with Crippen LogP contribution in [0.2, 0.25) is 0 Å². The third kappa shape index (κ3) is 3.31. The van der Waals surface area contributed by atoms with Gasteiger partial charge in [0, 0.05) is 38.0 Å². The number of pyridine rings is 1. The second-order valence-electron chi connectivity index (χ2n) is 7.43. The summed E-state index contributed by atoms with van der Waals surface area (Å²) in [5.74, 6) is 2.16. The molecule has 5 heterocycles. The molecule has 1 aliphatic rings. The summed E-state index contributed by atoms with van der Waals surface area (Å²) in [4.78, 5) is 2.31. The van der Waals surface area contributed by atoms with E-state index in [-0.39, 0.29) is 0 Å². The van der Waals surface area contributed by atoms with E-state index in [4.69, 9.17) is 4.74 Å². The number of nitrogens with zero attached hydrogens (tertiary/aromatic N) is 8. The molecule has 0 bridgehead atoms. The van der Waals surface area contributed by atoms with Crippen LogP contribution in [-0.2, 0) is 14.1 Å². The molecule has 150 valence electrons.